The van der Waals surface area contributed by atoms with Crippen LogP contribution in [-0.2, 0) is 4.74 Å². The number of ether oxygens (including phenoxy) is 1. The van der Waals surface area contributed by atoms with E-state index in [0.717, 1.165) is 38.5 Å². The summed E-state index contributed by atoms with van der Waals surface area (Å²) in [6.07, 6.45) is 3.21. The number of aryl methyl sites for hydroxylation is 1. The molecule has 0 radical (unpaired) electrons. The van der Waals surface area contributed by atoms with E-state index in [9.17, 15) is 4.79 Å². The fraction of sp³-hybridized carbons (Fsp3) is 0.667. The second-order valence-electron chi connectivity index (χ2n) is 6.54. The molecular formula is C15H22N4O2. The number of hydrogen-bond donors (Lipinski definition) is 0. The van der Waals surface area contributed by atoms with E-state index in [4.69, 9.17) is 4.74 Å². The molecule has 114 valence electrons. The number of hydrogen-bond acceptors (Lipinski definition) is 5. The van der Waals surface area contributed by atoms with Gasteiger partial charge >= 0.3 is 0 Å². The number of fused-ring (bicyclic) bond motifs is 1. The molecule has 6 heteroatoms. The van der Waals surface area contributed by atoms with Crippen molar-refractivity contribution in [2.45, 2.75) is 6.92 Å². The zero-order valence-corrected chi connectivity index (χ0v) is 12.9. The summed E-state index contributed by atoms with van der Waals surface area (Å²) in [5.41, 5.74) is 1.32. The van der Waals surface area contributed by atoms with Crippen molar-refractivity contribution in [1.82, 2.24) is 19.8 Å². The molecule has 1 aromatic rings. The van der Waals surface area contributed by atoms with E-state index in [-0.39, 0.29) is 11.3 Å². The number of nitrogens with zero attached hydrogens (tertiary/aromatic N) is 4. The van der Waals surface area contributed by atoms with Gasteiger partial charge < -0.3 is 14.5 Å². The monoisotopic (exact) mass is 290 g/mol. The molecule has 21 heavy (non-hydrogen) atoms. The lowest BCUT2D eigenvalue weighted by atomic mass is 9.81. The number of likely N-dealkylation sites (tertiary alicyclic amines) is 1. The number of amides is 1. The van der Waals surface area contributed by atoms with E-state index in [0.29, 0.717) is 11.6 Å². The molecule has 0 bridgehead atoms. The fourth-order valence-electron chi connectivity index (χ4n) is 3.51. The van der Waals surface area contributed by atoms with Crippen molar-refractivity contribution in [2.24, 2.45) is 11.3 Å². The highest BCUT2D eigenvalue weighted by Crippen LogP contribution is 2.41. The Hall–Kier alpha value is -1.53. The normalized spacial score (nSPS) is 28.2. The topological polar surface area (TPSA) is 58.6 Å². The van der Waals surface area contributed by atoms with Crippen molar-refractivity contribution in [2.75, 3.05) is 46.9 Å². The van der Waals surface area contributed by atoms with Crippen molar-refractivity contribution in [3.8, 4) is 0 Å². The first-order chi connectivity index (χ1) is 10.00. The minimum Gasteiger partial charge on any atom is -0.380 e. The van der Waals surface area contributed by atoms with Gasteiger partial charge in [-0.2, -0.15) is 0 Å². The standard InChI is InChI=1S/C15H22N4O2/c1-11-4-17-13(5-16-11)14(20)19-6-12-7-21-10-15(12,9-19)8-18(2)3/h4-5,12H,6-10H2,1-3H3/t12-,15+/m0/s1. The largest absolute Gasteiger partial charge is 0.380 e. The highest BCUT2D eigenvalue weighted by molar-refractivity contribution is 5.92. The van der Waals surface area contributed by atoms with Crippen molar-refractivity contribution in [3.63, 3.8) is 0 Å². The Bertz CT molecular complexity index is 531. The van der Waals surface area contributed by atoms with Crippen molar-refractivity contribution in [3.05, 3.63) is 23.8 Å². The summed E-state index contributed by atoms with van der Waals surface area (Å²) < 4.78 is 5.67. The summed E-state index contributed by atoms with van der Waals surface area (Å²) in [6.45, 7) is 5.79. The number of carbonyl (C=O) groups is 1. The van der Waals surface area contributed by atoms with Gasteiger partial charge in [0.15, 0.2) is 0 Å². The third kappa shape index (κ3) is 2.65. The minimum absolute atomic E-state index is 0.0185. The molecule has 0 aliphatic carbocycles. The smallest absolute Gasteiger partial charge is 0.274 e. The van der Waals surface area contributed by atoms with Gasteiger partial charge in [0.25, 0.3) is 5.91 Å². The van der Waals surface area contributed by atoms with Crippen LogP contribution in [0.1, 0.15) is 16.2 Å². The highest BCUT2D eigenvalue weighted by Gasteiger charge is 2.52. The molecular weight excluding hydrogens is 268 g/mol. The molecule has 3 rings (SSSR count). The average molecular weight is 290 g/mol. The lowest BCUT2D eigenvalue weighted by Crippen LogP contribution is -2.41. The fourth-order valence-corrected chi connectivity index (χ4v) is 3.51. The van der Waals surface area contributed by atoms with Gasteiger partial charge in [-0.3, -0.25) is 9.78 Å². The van der Waals surface area contributed by atoms with Crippen LogP contribution in [0.25, 0.3) is 0 Å². The second kappa shape index (κ2) is 5.35. The van der Waals surface area contributed by atoms with Crippen LogP contribution in [0.2, 0.25) is 0 Å². The molecule has 2 fully saturated rings. The van der Waals surface area contributed by atoms with Gasteiger partial charge in [0, 0.05) is 37.2 Å². The van der Waals surface area contributed by atoms with Gasteiger partial charge in [-0.1, -0.05) is 0 Å². The average Bonchev–Trinajstić information content (AvgIpc) is 2.94. The Labute approximate surface area is 125 Å². The molecule has 2 aliphatic heterocycles. The molecule has 0 unspecified atom stereocenters. The van der Waals surface area contributed by atoms with Crippen LogP contribution >= 0.6 is 0 Å². The maximum absolute atomic E-state index is 12.6. The SMILES string of the molecule is Cc1cnc(C(=O)N2C[C@H]3COC[C@@]3(CN(C)C)C2)cn1. The Morgan fingerprint density at radius 1 is 1.48 bits per heavy atom. The minimum atomic E-state index is -0.0185. The molecule has 1 aromatic heterocycles. The zero-order valence-electron chi connectivity index (χ0n) is 12.9. The summed E-state index contributed by atoms with van der Waals surface area (Å²) >= 11 is 0. The summed E-state index contributed by atoms with van der Waals surface area (Å²) in [5.74, 6) is 0.400. The van der Waals surface area contributed by atoms with Crippen LogP contribution in [0.4, 0.5) is 0 Å². The van der Waals surface area contributed by atoms with E-state index in [2.05, 4.69) is 29.0 Å². The van der Waals surface area contributed by atoms with Crippen LogP contribution in [0, 0.1) is 18.3 Å². The van der Waals surface area contributed by atoms with Gasteiger partial charge in [0.1, 0.15) is 5.69 Å². The molecule has 2 aliphatic rings. The van der Waals surface area contributed by atoms with Crippen molar-refractivity contribution < 1.29 is 9.53 Å². The number of carbonyl (C=O) groups excluding carboxylic acids is 1. The van der Waals surface area contributed by atoms with Gasteiger partial charge in [-0.05, 0) is 21.0 Å². The van der Waals surface area contributed by atoms with Gasteiger partial charge in [-0.25, -0.2) is 4.98 Å². The van der Waals surface area contributed by atoms with Gasteiger partial charge in [0.2, 0.25) is 0 Å². The lowest BCUT2D eigenvalue weighted by molar-refractivity contribution is 0.0691. The molecule has 6 nitrogen and oxygen atoms in total. The van der Waals surface area contributed by atoms with E-state index in [1.165, 1.54) is 0 Å². The molecule has 2 atom stereocenters. The van der Waals surface area contributed by atoms with Gasteiger partial charge in [0.05, 0.1) is 25.1 Å². The first-order valence-corrected chi connectivity index (χ1v) is 7.30. The van der Waals surface area contributed by atoms with Gasteiger partial charge in [-0.15, -0.1) is 0 Å². The Morgan fingerprint density at radius 2 is 2.29 bits per heavy atom. The second-order valence-corrected chi connectivity index (χ2v) is 6.54. The number of rotatable bonds is 3. The first kappa shape index (κ1) is 14.4. The molecule has 1 amide bonds. The maximum Gasteiger partial charge on any atom is 0.274 e. The molecule has 3 heterocycles. The molecule has 0 spiro atoms. The van der Waals surface area contributed by atoms with E-state index in [1.807, 2.05) is 11.8 Å². The Morgan fingerprint density at radius 3 is 2.95 bits per heavy atom. The third-order valence-corrected chi connectivity index (χ3v) is 4.44. The maximum atomic E-state index is 12.6. The zero-order chi connectivity index (χ0) is 15.0. The molecule has 2 saturated heterocycles. The molecule has 0 N–H and O–H groups in total. The van der Waals surface area contributed by atoms with Crippen LogP contribution in [0.3, 0.4) is 0 Å². The predicted molar refractivity (Wildman–Crippen MR) is 78.0 cm³/mol. The first-order valence-electron chi connectivity index (χ1n) is 7.30. The van der Waals surface area contributed by atoms with Crippen LogP contribution in [-0.4, -0.2) is 72.6 Å². The van der Waals surface area contributed by atoms with E-state index >= 15 is 0 Å². The van der Waals surface area contributed by atoms with E-state index in [1.54, 1.807) is 12.4 Å². The third-order valence-electron chi connectivity index (χ3n) is 4.44. The molecule has 0 aromatic carbocycles. The summed E-state index contributed by atoms with van der Waals surface area (Å²) in [6, 6.07) is 0. The van der Waals surface area contributed by atoms with Crippen LogP contribution in [0.5, 0.6) is 0 Å². The quantitative estimate of drug-likeness (QED) is 0.808. The predicted octanol–water partition coefficient (Wildman–Crippen LogP) is 0.435. The van der Waals surface area contributed by atoms with Crippen molar-refractivity contribution >= 4 is 5.91 Å². The van der Waals surface area contributed by atoms with Crippen molar-refractivity contribution in [1.29, 1.82) is 0 Å². The summed E-state index contributed by atoms with van der Waals surface area (Å²) in [7, 11) is 4.14. The van der Waals surface area contributed by atoms with Crippen LogP contribution < -0.4 is 0 Å². The summed E-state index contributed by atoms with van der Waals surface area (Å²) in [5, 5.41) is 0. The Kier molecular flexibility index (Phi) is 3.67. The van der Waals surface area contributed by atoms with E-state index < -0.39 is 0 Å². The highest BCUT2D eigenvalue weighted by atomic mass is 16.5. The molecule has 0 saturated carbocycles. The van der Waals surface area contributed by atoms with Crippen LogP contribution in [0.15, 0.2) is 12.4 Å². The number of aromatic nitrogens is 2. The summed E-state index contributed by atoms with van der Waals surface area (Å²) in [4.78, 5) is 25.1. The Balaban J connectivity index is 1.76. The lowest BCUT2D eigenvalue weighted by Gasteiger charge is -2.30.